The number of carbonyl (C=O) groups is 2. The van der Waals surface area contributed by atoms with E-state index in [9.17, 15) is 14.7 Å². The summed E-state index contributed by atoms with van der Waals surface area (Å²) < 4.78 is 4.95. The van der Waals surface area contributed by atoms with Gasteiger partial charge in [-0.2, -0.15) is 0 Å². The summed E-state index contributed by atoms with van der Waals surface area (Å²) in [7, 11) is 0. The third-order valence-electron chi connectivity index (χ3n) is 3.00. The van der Waals surface area contributed by atoms with Gasteiger partial charge in [0.05, 0.1) is 6.61 Å². The molecular formula is C14H17NO4. The summed E-state index contributed by atoms with van der Waals surface area (Å²) in [6, 6.07) is 5.48. The highest BCUT2D eigenvalue weighted by atomic mass is 16.5. The number of benzene rings is 1. The minimum absolute atomic E-state index is 0.0113. The van der Waals surface area contributed by atoms with E-state index in [1.807, 2.05) is 0 Å². The lowest BCUT2D eigenvalue weighted by atomic mass is 10.1. The Bertz CT molecular complexity index is 482. The van der Waals surface area contributed by atoms with Gasteiger partial charge < -0.3 is 15.2 Å². The molecule has 1 aliphatic rings. The van der Waals surface area contributed by atoms with Crippen LogP contribution in [0.5, 0.6) is 5.75 Å². The van der Waals surface area contributed by atoms with Gasteiger partial charge in [-0.1, -0.05) is 18.2 Å². The number of phenols is 1. The van der Waals surface area contributed by atoms with E-state index < -0.39 is 12.0 Å². The van der Waals surface area contributed by atoms with Crippen LogP contribution >= 0.6 is 0 Å². The van der Waals surface area contributed by atoms with Crippen LogP contribution in [0.25, 0.3) is 0 Å². The van der Waals surface area contributed by atoms with Gasteiger partial charge in [-0.25, -0.2) is 4.79 Å². The van der Waals surface area contributed by atoms with E-state index in [0.717, 1.165) is 12.8 Å². The molecule has 102 valence electrons. The standard InChI is InChI=1S/C14H17NO4/c1-2-19-14(18)12(15-13(17)9-7-8-9)10-5-3-4-6-11(10)16/h3-6,9,12,16H,2,7-8H2,1H3,(H,15,17). The van der Waals surface area contributed by atoms with E-state index in [2.05, 4.69) is 5.32 Å². The van der Waals surface area contributed by atoms with Crippen molar-refractivity contribution < 1.29 is 19.4 Å². The maximum absolute atomic E-state index is 11.9. The van der Waals surface area contributed by atoms with Gasteiger partial charge in [0.15, 0.2) is 6.04 Å². The lowest BCUT2D eigenvalue weighted by molar-refractivity contribution is -0.147. The predicted octanol–water partition coefficient (Wildman–Crippen LogP) is 1.52. The first-order valence-corrected chi connectivity index (χ1v) is 6.38. The molecule has 0 aromatic heterocycles. The number of carbonyl (C=O) groups excluding carboxylic acids is 2. The summed E-state index contributed by atoms with van der Waals surface area (Å²) in [6.07, 6.45) is 1.70. The van der Waals surface area contributed by atoms with Crippen molar-refractivity contribution in [3.63, 3.8) is 0 Å². The summed E-state index contributed by atoms with van der Waals surface area (Å²) in [5.41, 5.74) is 0.356. The summed E-state index contributed by atoms with van der Waals surface area (Å²) >= 11 is 0. The van der Waals surface area contributed by atoms with Crippen molar-refractivity contribution in [1.82, 2.24) is 5.32 Å². The first-order valence-electron chi connectivity index (χ1n) is 6.38. The zero-order chi connectivity index (χ0) is 13.8. The molecule has 0 radical (unpaired) electrons. The molecule has 1 amide bonds. The summed E-state index contributed by atoms with van der Waals surface area (Å²) in [5, 5.41) is 12.5. The molecule has 19 heavy (non-hydrogen) atoms. The molecule has 5 heteroatoms. The second kappa shape index (κ2) is 5.73. The number of phenolic OH excluding ortho intramolecular Hbond substituents is 1. The van der Waals surface area contributed by atoms with Gasteiger partial charge in [-0.15, -0.1) is 0 Å². The van der Waals surface area contributed by atoms with Crippen LogP contribution in [0, 0.1) is 5.92 Å². The second-order valence-electron chi connectivity index (χ2n) is 4.53. The Balaban J connectivity index is 2.20. The van der Waals surface area contributed by atoms with Crippen LogP contribution in [-0.4, -0.2) is 23.6 Å². The Morgan fingerprint density at radius 1 is 1.42 bits per heavy atom. The summed E-state index contributed by atoms with van der Waals surface area (Å²) in [5.74, 6) is -0.765. The quantitative estimate of drug-likeness (QED) is 0.790. The van der Waals surface area contributed by atoms with Gasteiger partial charge in [0.2, 0.25) is 5.91 Å². The molecule has 1 aromatic rings. The molecule has 1 fully saturated rings. The van der Waals surface area contributed by atoms with Crippen LogP contribution in [0.2, 0.25) is 0 Å². The van der Waals surface area contributed by atoms with E-state index in [1.54, 1.807) is 25.1 Å². The maximum atomic E-state index is 11.9. The van der Waals surface area contributed by atoms with E-state index >= 15 is 0 Å². The number of esters is 1. The zero-order valence-corrected chi connectivity index (χ0v) is 10.8. The first-order chi connectivity index (χ1) is 9.13. The van der Waals surface area contributed by atoms with Crippen molar-refractivity contribution >= 4 is 11.9 Å². The molecular weight excluding hydrogens is 246 g/mol. The summed E-state index contributed by atoms with van der Waals surface area (Å²) in [6.45, 7) is 1.92. The number of hydrogen-bond acceptors (Lipinski definition) is 4. The molecule has 0 bridgehead atoms. The van der Waals surface area contributed by atoms with Gasteiger partial charge in [-0.05, 0) is 25.8 Å². The highest BCUT2D eigenvalue weighted by Crippen LogP contribution is 2.31. The smallest absolute Gasteiger partial charge is 0.333 e. The SMILES string of the molecule is CCOC(=O)C(NC(=O)C1CC1)c1ccccc1O. The van der Waals surface area contributed by atoms with Crippen molar-refractivity contribution in [2.45, 2.75) is 25.8 Å². The topological polar surface area (TPSA) is 75.6 Å². The largest absolute Gasteiger partial charge is 0.508 e. The number of aromatic hydroxyl groups is 1. The number of ether oxygens (including phenoxy) is 1. The van der Waals surface area contributed by atoms with Crippen molar-refractivity contribution in [2.24, 2.45) is 5.92 Å². The van der Waals surface area contributed by atoms with Gasteiger partial charge >= 0.3 is 5.97 Å². The van der Waals surface area contributed by atoms with Crippen molar-refractivity contribution in [1.29, 1.82) is 0 Å². The van der Waals surface area contributed by atoms with Gasteiger partial charge in [0.1, 0.15) is 5.75 Å². The summed E-state index contributed by atoms with van der Waals surface area (Å²) in [4.78, 5) is 23.7. The van der Waals surface area contributed by atoms with E-state index in [0.29, 0.717) is 5.56 Å². The number of rotatable bonds is 5. The molecule has 0 saturated heterocycles. The third kappa shape index (κ3) is 3.24. The lowest BCUT2D eigenvalue weighted by Gasteiger charge is -2.18. The Morgan fingerprint density at radius 2 is 2.11 bits per heavy atom. The van der Waals surface area contributed by atoms with Crippen molar-refractivity contribution in [3.8, 4) is 5.75 Å². The molecule has 2 rings (SSSR count). The first kappa shape index (κ1) is 13.4. The Morgan fingerprint density at radius 3 is 2.68 bits per heavy atom. The van der Waals surface area contributed by atoms with Crippen LogP contribution in [0.1, 0.15) is 31.4 Å². The van der Waals surface area contributed by atoms with Crippen LogP contribution in [0.15, 0.2) is 24.3 Å². The number of amides is 1. The molecule has 1 unspecified atom stereocenters. The average Bonchev–Trinajstić information content (AvgIpc) is 3.21. The monoisotopic (exact) mass is 263 g/mol. The van der Waals surface area contributed by atoms with Crippen LogP contribution in [-0.2, 0) is 14.3 Å². The number of para-hydroxylation sites is 1. The van der Waals surface area contributed by atoms with Crippen LogP contribution < -0.4 is 5.32 Å². The molecule has 1 saturated carbocycles. The van der Waals surface area contributed by atoms with Crippen LogP contribution in [0.3, 0.4) is 0 Å². The highest BCUT2D eigenvalue weighted by Gasteiger charge is 2.34. The Kier molecular flexibility index (Phi) is 4.04. The maximum Gasteiger partial charge on any atom is 0.333 e. The van der Waals surface area contributed by atoms with E-state index in [1.165, 1.54) is 6.07 Å². The Hall–Kier alpha value is -2.04. The molecule has 1 atom stereocenters. The molecule has 5 nitrogen and oxygen atoms in total. The second-order valence-corrected chi connectivity index (χ2v) is 4.53. The zero-order valence-electron chi connectivity index (χ0n) is 10.8. The average molecular weight is 263 g/mol. The molecule has 2 N–H and O–H groups in total. The number of nitrogens with one attached hydrogen (secondary N) is 1. The number of hydrogen-bond donors (Lipinski definition) is 2. The van der Waals surface area contributed by atoms with Crippen molar-refractivity contribution in [2.75, 3.05) is 6.61 Å². The predicted molar refractivity (Wildman–Crippen MR) is 68.3 cm³/mol. The van der Waals surface area contributed by atoms with Gasteiger partial charge in [-0.3, -0.25) is 4.79 Å². The third-order valence-corrected chi connectivity index (χ3v) is 3.00. The van der Waals surface area contributed by atoms with E-state index in [-0.39, 0.29) is 24.2 Å². The van der Waals surface area contributed by atoms with Gasteiger partial charge in [0.25, 0.3) is 0 Å². The highest BCUT2D eigenvalue weighted by molar-refractivity contribution is 5.88. The fraction of sp³-hybridized carbons (Fsp3) is 0.429. The normalized spacial score (nSPS) is 15.6. The minimum atomic E-state index is -0.950. The minimum Gasteiger partial charge on any atom is -0.508 e. The van der Waals surface area contributed by atoms with Gasteiger partial charge in [0, 0.05) is 11.5 Å². The van der Waals surface area contributed by atoms with Crippen molar-refractivity contribution in [3.05, 3.63) is 29.8 Å². The molecule has 0 aliphatic heterocycles. The molecule has 1 aliphatic carbocycles. The Labute approximate surface area is 111 Å². The van der Waals surface area contributed by atoms with E-state index in [4.69, 9.17) is 4.74 Å². The van der Waals surface area contributed by atoms with Crippen LogP contribution in [0.4, 0.5) is 0 Å². The fourth-order valence-corrected chi connectivity index (χ4v) is 1.83. The molecule has 1 aromatic carbocycles. The fourth-order valence-electron chi connectivity index (χ4n) is 1.83. The molecule has 0 heterocycles. The lowest BCUT2D eigenvalue weighted by Crippen LogP contribution is -2.35. The molecule has 0 spiro atoms.